The van der Waals surface area contributed by atoms with Crippen LogP contribution in [0.15, 0.2) is 0 Å². The topological polar surface area (TPSA) is 50.8 Å². The molecule has 23 heavy (non-hydrogen) atoms. The molecule has 1 amide bonds. The van der Waals surface area contributed by atoms with Crippen molar-refractivity contribution in [1.82, 2.24) is 10.2 Å². The summed E-state index contributed by atoms with van der Waals surface area (Å²) >= 11 is 0. The highest BCUT2D eigenvalue weighted by molar-refractivity contribution is 5.68. The summed E-state index contributed by atoms with van der Waals surface area (Å²) < 4.78 is 11.3. The third-order valence-electron chi connectivity index (χ3n) is 4.67. The van der Waals surface area contributed by atoms with Crippen LogP contribution in [0.5, 0.6) is 0 Å². The van der Waals surface area contributed by atoms with E-state index in [-0.39, 0.29) is 12.1 Å². The Balaban J connectivity index is 1.83. The third-order valence-corrected chi connectivity index (χ3v) is 4.67. The molecular formula is C18H34N2O3. The molecule has 2 fully saturated rings. The average Bonchev–Trinajstić information content (AvgIpc) is 2.34. The van der Waals surface area contributed by atoms with Gasteiger partial charge in [-0.05, 0) is 67.2 Å². The van der Waals surface area contributed by atoms with Gasteiger partial charge in [0.1, 0.15) is 5.60 Å². The molecule has 4 unspecified atom stereocenters. The van der Waals surface area contributed by atoms with Gasteiger partial charge >= 0.3 is 6.09 Å². The first kappa shape index (κ1) is 18.5. The van der Waals surface area contributed by atoms with Gasteiger partial charge in [0, 0.05) is 24.7 Å². The van der Waals surface area contributed by atoms with Gasteiger partial charge in [0.15, 0.2) is 0 Å². The van der Waals surface area contributed by atoms with E-state index in [9.17, 15) is 4.79 Å². The number of piperidine rings is 1. The third kappa shape index (κ3) is 5.64. The zero-order valence-electron chi connectivity index (χ0n) is 15.6. The number of hydrogen-bond acceptors (Lipinski definition) is 4. The Labute approximate surface area is 141 Å². The molecule has 0 bridgehead atoms. The number of amides is 1. The van der Waals surface area contributed by atoms with Gasteiger partial charge in [0.2, 0.25) is 0 Å². The van der Waals surface area contributed by atoms with E-state index in [1.807, 2.05) is 25.7 Å². The molecule has 0 aromatic carbocycles. The molecule has 2 aliphatic rings. The fraction of sp³-hybridized carbons (Fsp3) is 0.944. The van der Waals surface area contributed by atoms with Crippen molar-refractivity contribution in [1.29, 1.82) is 0 Å². The second-order valence-electron chi connectivity index (χ2n) is 8.34. The number of nitrogens with one attached hydrogen (secondary N) is 1. The maximum absolute atomic E-state index is 12.3. The van der Waals surface area contributed by atoms with E-state index in [4.69, 9.17) is 9.47 Å². The number of hydrogen-bond donors (Lipinski definition) is 1. The van der Waals surface area contributed by atoms with Gasteiger partial charge in [-0.15, -0.1) is 0 Å². The van der Waals surface area contributed by atoms with Crippen LogP contribution in [-0.2, 0) is 9.47 Å². The molecule has 2 aliphatic heterocycles. The zero-order valence-corrected chi connectivity index (χ0v) is 15.6. The highest BCUT2D eigenvalue weighted by Gasteiger charge is 2.33. The van der Waals surface area contributed by atoms with Gasteiger partial charge in [0.05, 0.1) is 12.2 Å². The Bertz CT molecular complexity index is 398. The first-order valence-electron chi connectivity index (χ1n) is 9.05. The largest absolute Gasteiger partial charge is 0.444 e. The molecule has 2 rings (SSSR count). The molecule has 134 valence electrons. The number of carbonyl (C=O) groups is 1. The van der Waals surface area contributed by atoms with Crippen molar-refractivity contribution in [2.24, 2.45) is 0 Å². The van der Waals surface area contributed by atoms with Gasteiger partial charge in [-0.25, -0.2) is 4.79 Å². The van der Waals surface area contributed by atoms with E-state index in [0.29, 0.717) is 24.3 Å². The Kier molecular flexibility index (Phi) is 5.95. The first-order valence-corrected chi connectivity index (χ1v) is 9.05. The lowest BCUT2D eigenvalue weighted by atomic mass is 9.94. The van der Waals surface area contributed by atoms with Crippen molar-refractivity contribution in [2.45, 2.75) is 103 Å². The minimum absolute atomic E-state index is 0.184. The van der Waals surface area contributed by atoms with Crippen molar-refractivity contribution >= 4 is 6.09 Å². The molecule has 0 spiro atoms. The van der Waals surface area contributed by atoms with Gasteiger partial charge in [-0.1, -0.05) is 0 Å². The second kappa shape index (κ2) is 7.39. The SMILES string of the molecule is CC1CC(NC2CCN(C(=O)OC(C)(C)C)C(C)C2)CC(C)O1. The quantitative estimate of drug-likeness (QED) is 0.846. The van der Waals surface area contributed by atoms with Gasteiger partial charge in [-0.3, -0.25) is 0 Å². The highest BCUT2D eigenvalue weighted by atomic mass is 16.6. The lowest BCUT2D eigenvalue weighted by molar-refractivity contribution is -0.0452. The number of ether oxygens (including phenoxy) is 2. The summed E-state index contributed by atoms with van der Waals surface area (Å²) in [5.41, 5.74) is -0.430. The Hall–Kier alpha value is -0.810. The van der Waals surface area contributed by atoms with E-state index in [0.717, 1.165) is 32.2 Å². The van der Waals surface area contributed by atoms with E-state index >= 15 is 0 Å². The molecule has 2 saturated heterocycles. The average molecular weight is 326 g/mol. The Morgan fingerprint density at radius 3 is 2.22 bits per heavy atom. The molecular weight excluding hydrogens is 292 g/mol. The number of nitrogens with zero attached hydrogens (tertiary/aromatic N) is 1. The molecule has 4 atom stereocenters. The fourth-order valence-corrected chi connectivity index (χ4v) is 3.79. The summed E-state index contributed by atoms with van der Waals surface area (Å²) in [6, 6.07) is 1.22. The number of likely N-dealkylation sites (tertiary alicyclic amines) is 1. The fourth-order valence-electron chi connectivity index (χ4n) is 3.79. The van der Waals surface area contributed by atoms with E-state index < -0.39 is 5.60 Å². The zero-order chi connectivity index (χ0) is 17.2. The molecule has 0 aromatic heterocycles. The van der Waals surface area contributed by atoms with Crippen molar-refractivity contribution in [2.75, 3.05) is 6.54 Å². The smallest absolute Gasteiger partial charge is 0.410 e. The normalized spacial score (nSPS) is 35.9. The van der Waals surface area contributed by atoms with Crippen LogP contribution in [0, 0.1) is 0 Å². The summed E-state index contributed by atoms with van der Waals surface area (Å²) in [4.78, 5) is 14.1. The van der Waals surface area contributed by atoms with Gasteiger partial charge in [-0.2, -0.15) is 0 Å². The van der Waals surface area contributed by atoms with Crippen LogP contribution in [-0.4, -0.2) is 53.5 Å². The lowest BCUT2D eigenvalue weighted by Gasteiger charge is -2.41. The number of carbonyl (C=O) groups excluding carboxylic acids is 1. The standard InChI is InChI=1S/C18H34N2O3/c1-12-9-15(19-16-10-13(2)22-14(3)11-16)7-8-20(12)17(21)23-18(4,5)6/h12-16,19H,7-11H2,1-6H3. The first-order chi connectivity index (χ1) is 10.6. The molecule has 0 radical (unpaired) electrons. The monoisotopic (exact) mass is 326 g/mol. The molecule has 0 saturated carbocycles. The lowest BCUT2D eigenvalue weighted by Crippen LogP contribution is -2.54. The van der Waals surface area contributed by atoms with E-state index in [1.54, 1.807) is 0 Å². The van der Waals surface area contributed by atoms with Gasteiger partial charge < -0.3 is 19.7 Å². The maximum Gasteiger partial charge on any atom is 0.410 e. The van der Waals surface area contributed by atoms with Crippen molar-refractivity contribution < 1.29 is 14.3 Å². The van der Waals surface area contributed by atoms with Crippen LogP contribution < -0.4 is 5.32 Å². The minimum atomic E-state index is -0.430. The van der Waals surface area contributed by atoms with E-state index in [1.165, 1.54) is 0 Å². The highest BCUT2D eigenvalue weighted by Crippen LogP contribution is 2.24. The van der Waals surface area contributed by atoms with Crippen molar-refractivity contribution in [3.63, 3.8) is 0 Å². The summed E-state index contributed by atoms with van der Waals surface area (Å²) in [5.74, 6) is 0. The van der Waals surface area contributed by atoms with E-state index in [2.05, 4.69) is 26.1 Å². The minimum Gasteiger partial charge on any atom is -0.444 e. The molecule has 1 N–H and O–H groups in total. The van der Waals surface area contributed by atoms with Crippen LogP contribution in [0.25, 0.3) is 0 Å². The molecule has 5 nitrogen and oxygen atoms in total. The Morgan fingerprint density at radius 2 is 1.70 bits per heavy atom. The summed E-state index contributed by atoms with van der Waals surface area (Å²) in [6.07, 6.45) is 4.60. The van der Waals surface area contributed by atoms with Crippen LogP contribution in [0.3, 0.4) is 0 Å². The summed E-state index contributed by atoms with van der Waals surface area (Å²) in [6.45, 7) is 12.9. The molecule has 5 heteroatoms. The predicted molar refractivity (Wildman–Crippen MR) is 91.6 cm³/mol. The van der Waals surface area contributed by atoms with Crippen molar-refractivity contribution in [3.8, 4) is 0 Å². The van der Waals surface area contributed by atoms with Gasteiger partial charge in [0.25, 0.3) is 0 Å². The maximum atomic E-state index is 12.3. The second-order valence-corrected chi connectivity index (χ2v) is 8.34. The number of rotatable bonds is 2. The van der Waals surface area contributed by atoms with Crippen molar-refractivity contribution in [3.05, 3.63) is 0 Å². The molecule has 2 heterocycles. The van der Waals surface area contributed by atoms with Crippen LogP contribution in [0.2, 0.25) is 0 Å². The predicted octanol–water partition coefficient (Wildman–Crippen LogP) is 3.32. The Morgan fingerprint density at radius 1 is 1.09 bits per heavy atom. The van der Waals surface area contributed by atoms with Crippen LogP contribution in [0.4, 0.5) is 4.79 Å². The van der Waals surface area contributed by atoms with Crippen LogP contribution in [0.1, 0.15) is 67.2 Å². The summed E-state index contributed by atoms with van der Waals surface area (Å²) in [7, 11) is 0. The molecule has 0 aromatic rings. The molecule has 0 aliphatic carbocycles. The summed E-state index contributed by atoms with van der Waals surface area (Å²) in [5, 5.41) is 3.80. The van der Waals surface area contributed by atoms with Crippen LogP contribution >= 0.6 is 0 Å².